The number of para-hydroxylation sites is 1. The van der Waals surface area contributed by atoms with Crippen LogP contribution in [0.15, 0.2) is 36.5 Å². The Morgan fingerprint density at radius 1 is 1.32 bits per heavy atom. The Morgan fingerprint density at radius 2 is 2.16 bits per heavy atom. The maximum absolute atomic E-state index is 4.22. The predicted molar refractivity (Wildman–Crippen MR) is 75.2 cm³/mol. The monoisotopic (exact) mass is 256 g/mol. The zero-order chi connectivity index (χ0) is 13.1. The van der Waals surface area contributed by atoms with Gasteiger partial charge in [-0.2, -0.15) is 0 Å². The number of hydrogen-bond acceptors (Lipinski definition) is 3. The standard InChI is InChI=1S/C15H20N4/c1-12-7-8-16-10-13(12)9-15-11-17-18-19(15)14-5-3-2-4-6-14/h2-6,11-13,16H,7-10H2,1H3. The Labute approximate surface area is 113 Å². The number of hydrogen-bond donors (Lipinski definition) is 1. The quantitative estimate of drug-likeness (QED) is 0.914. The topological polar surface area (TPSA) is 42.7 Å². The smallest absolute Gasteiger partial charge is 0.0729 e. The molecule has 2 heterocycles. The van der Waals surface area contributed by atoms with Crippen LogP contribution in [-0.4, -0.2) is 28.1 Å². The molecule has 0 radical (unpaired) electrons. The van der Waals surface area contributed by atoms with Crippen LogP contribution in [0.1, 0.15) is 19.0 Å². The summed E-state index contributed by atoms with van der Waals surface area (Å²) in [5.41, 5.74) is 2.29. The summed E-state index contributed by atoms with van der Waals surface area (Å²) in [7, 11) is 0. The minimum atomic E-state index is 0.676. The summed E-state index contributed by atoms with van der Waals surface area (Å²) < 4.78 is 1.96. The van der Waals surface area contributed by atoms with E-state index in [2.05, 4.69) is 34.7 Å². The molecular formula is C15H20N4. The molecule has 1 aromatic heterocycles. The third-order valence-electron chi connectivity index (χ3n) is 4.08. The van der Waals surface area contributed by atoms with E-state index in [1.165, 1.54) is 12.1 Å². The van der Waals surface area contributed by atoms with Crippen molar-refractivity contribution >= 4 is 0 Å². The summed E-state index contributed by atoms with van der Waals surface area (Å²) in [6.45, 7) is 4.59. The molecule has 0 amide bonds. The fourth-order valence-electron chi connectivity index (χ4n) is 2.78. The molecule has 2 aromatic rings. The van der Waals surface area contributed by atoms with E-state index < -0.39 is 0 Å². The number of piperidine rings is 1. The summed E-state index contributed by atoms with van der Waals surface area (Å²) in [5.74, 6) is 1.44. The lowest BCUT2D eigenvalue weighted by molar-refractivity contribution is 0.270. The maximum Gasteiger partial charge on any atom is 0.0729 e. The van der Waals surface area contributed by atoms with E-state index in [1.807, 2.05) is 29.1 Å². The van der Waals surface area contributed by atoms with Crippen LogP contribution in [0, 0.1) is 11.8 Å². The van der Waals surface area contributed by atoms with E-state index in [0.717, 1.165) is 31.1 Å². The number of nitrogens with zero attached hydrogens (tertiary/aromatic N) is 3. The number of rotatable bonds is 3. The lowest BCUT2D eigenvalue weighted by Gasteiger charge is -2.29. The van der Waals surface area contributed by atoms with Gasteiger partial charge in [0.15, 0.2) is 0 Å². The summed E-state index contributed by atoms with van der Waals surface area (Å²) in [4.78, 5) is 0. The average Bonchev–Trinajstić information content (AvgIpc) is 2.91. The predicted octanol–water partition coefficient (Wildman–Crippen LogP) is 2.06. The molecule has 3 rings (SSSR count). The van der Waals surface area contributed by atoms with Crippen LogP contribution < -0.4 is 5.32 Å². The van der Waals surface area contributed by atoms with Crippen molar-refractivity contribution in [1.29, 1.82) is 0 Å². The zero-order valence-electron chi connectivity index (χ0n) is 11.3. The van der Waals surface area contributed by atoms with Gasteiger partial charge in [-0.1, -0.05) is 30.3 Å². The van der Waals surface area contributed by atoms with Gasteiger partial charge >= 0.3 is 0 Å². The van der Waals surface area contributed by atoms with Crippen molar-refractivity contribution in [3.8, 4) is 5.69 Å². The van der Waals surface area contributed by atoms with Gasteiger partial charge in [0, 0.05) is 0 Å². The second-order valence-electron chi connectivity index (χ2n) is 5.41. The van der Waals surface area contributed by atoms with Crippen molar-refractivity contribution in [2.75, 3.05) is 13.1 Å². The highest BCUT2D eigenvalue weighted by Gasteiger charge is 2.23. The van der Waals surface area contributed by atoms with Crippen molar-refractivity contribution in [2.45, 2.75) is 19.8 Å². The highest BCUT2D eigenvalue weighted by molar-refractivity contribution is 5.31. The van der Waals surface area contributed by atoms with Gasteiger partial charge in [-0.15, -0.1) is 5.10 Å². The van der Waals surface area contributed by atoms with Crippen molar-refractivity contribution < 1.29 is 0 Å². The molecule has 4 heteroatoms. The van der Waals surface area contributed by atoms with Crippen LogP contribution in [0.25, 0.3) is 5.69 Å². The molecule has 4 nitrogen and oxygen atoms in total. The Bertz CT molecular complexity index is 520. The largest absolute Gasteiger partial charge is 0.316 e. The van der Waals surface area contributed by atoms with E-state index in [4.69, 9.17) is 0 Å². The van der Waals surface area contributed by atoms with E-state index >= 15 is 0 Å². The lowest BCUT2D eigenvalue weighted by atomic mass is 9.85. The molecule has 0 bridgehead atoms. The maximum atomic E-state index is 4.22. The zero-order valence-corrected chi connectivity index (χ0v) is 11.3. The molecule has 1 aromatic carbocycles. The third kappa shape index (κ3) is 2.68. The number of nitrogens with one attached hydrogen (secondary N) is 1. The van der Waals surface area contributed by atoms with Crippen LogP contribution in [0.5, 0.6) is 0 Å². The molecule has 0 saturated carbocycles. The molecule has 100 valence electrons. The Hall–Kier alpha value is -1.68. The Kier molecular flexibility index (Phi) is 3.60. The van der Waals surface area contributed by atoms with Crippen LogP contribution in [-0.2, 0) is 6.42 Å². The molecule has 1 aliphatic rings. The fraction of sp³-hybridized carbons (Fsp3) is 0.467. The molecule has 0 spiro atoms. The summed E-state index contributed by atoms with van der Waals surface area (Å²) >= 11 is 0. The Morgan fingerprint density at radius 3 is 2.95 bits per heavy atom. The van der Waals surface area contributed by atoms with Crippen LogP contribution >= 0.6 is 0 Å². The number of benzene rings is 1. The third-order valence-corrected chi connectivity index (χ3v) is 4.08. The van der Waals surface area contributed by atoms with Gasteiger partial charge in [-0.25, -0.2) is 4.68 Å². The molecule has 1 fully saturated rings. The lowest BCUT2D eigenvalue weighted by Crippen LogP contribution is -2.36. The summed E-state index contributed by atoms with van der Waals surface area (Å²) in [6.07, 6.45) is 4.20. The van der Waals surface area contributed by atoms with E-state index in [0.29, 0.717) is 5.92 Å². The molecule has 1 aliphatic heterocycles. The van der Waals surface area contributed by atoms with Crippen molar-refractivity contribution in [2.24, 2.45) is 11.8 Å². The van der Waals surface area contributed by atoms with Gasteiger partial charge in [0.2, 0.25) is 0 Å². The summed E-state index contributed by atoms with van der Waals surface area (Å²) in [5, 5.41) is 11.8. The van der Waals surface area contributed by atoms with Crippen molar-refractivity contribution in [3.63, 3.8) is 0 Å². The first-order valence-corrected chi connectivity index (χ1v) is 7.00. The first-order valence-electron chi connectivity index (χ1n) is 7.00. The molecule has 2 unspecified atom stereocenters. The first kappa shape index (κ1) is 12.4. The van der Waals surface area contributed by atoms with E-state index in [-0.39, 0.29) is 0 Å². The average molecular weight is 256 g/mol. The second kappa shape index (κ2) is 5.53. The van der Waals surface area contributed by atoms with Crippen molar-refractivity contribution in [1.82, 2.24) is 20.3 Å². The van der Waals surface area contributed by atoms with Gasteiger partial charge in [0.25, 0.3) is 0 Å². The first-order chi connectivity index (χ1) is 9.34. The van der Waals surface area contributed by atoms with Crippen molar-refractivity contribution in [3.05, 3.63) is 42.2 Å². The molecule has 0 aliphatic carbocycles. The van der Waals surface area contributed by atoms with E-state index in [1.54, 1.807) is 0 Å². The molecule has 1 saturated heterocycles. The molecule has 1 N–H and O–H groups in total. The SMILES string of the molecule is CC1CCNCC1Cc1cnnn1-c1ccccc1. The number of aromatic nitrogens is 3. The van der Waals surface area contributed by atoms with Gasteiger partial charge < -0.3 is 5.32 Å². The fourth-order valence-corrected chi connectivity index (χ4v) is 2.78. The van der Waals surface area contributed by atoms with Crippen LogP contribution in [0.3, 0.4) is 0 Å². The van der Waals surface area contributed by atoms with Gasteiger partial charge in [-0.3, -0.25) is 0 Å². The Balaban J connectivity index is 1.81. The molecule has 2 atom stereocenters. The highest BCUT2D eigenvalue weighted by Crippen LogP contribution is 2.23. The minimum Gasteiger partial charge on any atom is -0.316 e. The van der Waals surface area contributed by atoms with Gasteiger partial charge in [0.05, 0.1) is 17.6 Å². The van der Waals surface area contributed by atoms with Gasteiger partial charge in [-0.05, 0) is 49.9 Å². The van der Waals surface area contributed by atoms with E-state index in [9.17, 15) is 0 Å². The normalized spacial score (nSPS) is 23.4. The molecule has 19 heavy (non-hydrogen) atoms. The highest BCUT2D eigenvalue weighted by atomic mass is 15.4. The van der Waals surface area contributed by atoms with Gasteiger partial charge in [0.1, 0.15) is 0 Å². The molecular weight excluding hydrogens is 236 g/mol. The second-order valence-corrected chi connectivity index (χ2v) is 5.41. The summed E-state index contributed by atoms with van der Waals surface area (Å²) in [6, 6.07) is 10.2. The minimum absolute atomic E-state index is 0.676. The van der Waals surface area contributed by atoms with Crippen LogP contribution in [0.4, 0.5) is 0 Å². The van der Waals surface area contributed by atoms with Crippen LogP contribution in [0.2, 0.25) is 0 Å².